The molecule has 3 rings (SSSR count). The van der Waals surface area contributed by atoms with Gasteiger partial charge in [-0.1, -0.05) is 30.3 Å². The molecule has 2 N–H and O–H groups in total. The van der Waals surface area contributed by atoms with E-state index < -0.39 is 0 Å². The Balaban J connectivity index is 1.53. The summed E-state index contributed by atoms with van der Waals surface area (Å²) in [4.78, 5) is 14.5. The number of fused-ring (bicyclic) bond motifs is 1. The second kappa shape index (κ2) is 6.73. The zero-order valence-corrected chi connectivity index (χ0v) is 13.4. The van der Waals surface area contributed by atoms with Gasteiger partial charge < -0.3 is 15.4 Å². The van der Waals surface area contributed by atoms with Crippen LogP contribution in [0.1, 0.15) is 25.3 Å². The van der Waals surface area contributed by atoms with Gasteiger partial charge in [-0.25, -0.2) is 0 Å². The predicted molar refractivity (Wildman–Crippen MR) is 92.7 cm³/mol. The lowest BCUT2D eigenvalue weighted by Gasteiger charge is -2.22. The molecule has 4 heteroatoms. The first-order chi connectivity index (χ1) is 11.2. The summed E-state index contributed by atoms with van der Waals surface area (Å²) in [5, 5.41) is 0. The van der Waals surface area contributed by atoms with E-state index in [1.54, 1.807) is 0 Å². The molecular weight excluding hydrogens is 288 g/mol. The number of anilines is 2. The number of ether oxygens (including phenoxy) is 1. The molecule has 2 aromatic carbocycles. The Kier molecular flexibility index (Phi) is 4.51. The zero-order chi connectivity index (χ0) is 16.2. The molecule has 1 aliphatic rings. The van der Waals surface area contributed by atoms with Crippen molar-refractivity contribution >= 4 is 17.3 Å². The third kappa shape index (κ3) is 3.31. The van der Waals surface area contributed by atoms with E-state index in [4.69, 9.17) is 10.5 Å². The molecule has 0 spiro atoms. The maximum absolute atomic E-state index is 12.5. The van der Waals surface area contributed by atoms with Crippen molar-refractivity contribution in [2.75, 3.05) is 17.2 Å². The molecule has 1 heterocycles. The second-order valence-electron chi connectivity index (χ2n) is 5.94. The SMILES string of the molecule is CC1Cc2ccccc2N1C(=O)CCCOc1ccccc1N. The van der Waals surface area contributed by atoms with Crippen LogP contribution in [0.25, 0.3) is 0 Å². The summed E-state index contributed by atoms with van der Waals surface area (Å²) >= 11 is 0. The third-order valence-electron chi connectivity index (χ3n) is 4.19. The van der Waals surface area contributed by atoms with Crippen LogP contribution in [0.15, 0.2) is 48.5 Å². The first kappa shape index (κ1) is 15.4. The van der Waals surface area contributed by atoms with Crippen LogP contribution in [0, 0.1) is 0 Å². The second-order valence-corrected chi connectivity index (χ2v) is 5.94. The number of nitrogens with zero attached hydrogens (tertiary/aromatic N) is 1. The van der Waals surface area contributed by atoms with E-state index in [-0.39, 0.29) is 11.9 Å². The highest BCUT2D eigenvalue weighted by molar-refractivity contribution is 5.96. The van der Waals surface area contributed by atoms with Crippen LogP contribution < -0.4 is 15.4 Å². The molecule has 4 nitrogen and oxygen atoms in total. The number of hydrogen-bond donors (Lipinski definition) is 1. The molecule has 1 unspecified atom stereocenters. The average molecular weight is 310 g/mol. The highest BCUT2D eigenvalue weighted by Crippen LogP contribution is 2.32. The third-order valence-corrected chi connectivity index (χ3v) is 4.19. The molecule has 1 atom stereocenters. The number of para-hydroxylation sites is 3. The first-order valence-corrected chi connectivity index (χ1v) is 8.04. The van der Waals surface area contributed by atoms with Crippen molar-refractivity contribution < 1.29 is 9.53 Å². The summed E-state index contributed by atoms with van der Waals surface area (Å²) < 4.78 is 5.65. The largest absolute Gasteiger partial charge is 0.491 e. The number of nitrogens with two attached hydrogens (primary N) is 1. The molecule has 0 saturated heterocycles. The standard InChI is InChI=1S/C19H22N2O2/c1-14-13-15-7-2-4-9-17(15)21(14)19(22)11-6-12-23-18-10-5-3-8-16(18)20/h2-5,7-10,14H,6,11-13,20H2,1H3. The van der Waals surface area contributed by atoms with Gasteiger partial charge >= 0.3 is 0 Å². The van der Waals surface area contributed by atoms with Crippen molar-refractivity contribution in [3.63, 3.8) is 0 Å². The monoisotopic (exact) mass is 310 g/mol. The molecule has 0 aliphatic carbocycles. The van der Waals surface area contributed by atoms with Gasteiger partial charge in [0.2, 0.25) is 5.91 Å². The van der Waals surface area contributed by atoms with Crippen molar-refractivity contribution in [1.29, 1.82) is 0 Å². The van der Waals surface area contributed by atoms with E-state index in [1.165, 1.54) is 5.56 Å². The number of hydrogen-bond acceptors (Lipinski definition) is 3. The van der Waals surface area contributed by atoms with E-state index in [9.17, 15) is 4.79 Å². The van der Waals surface area contributed by atoms with Crippen LogP contribution in [0.5, 0.6) is 5.75 Å². The molecule has 1 aliphatic heterocycles. The number of carbonyl (C=O) groups excluding carboxylic acids is 1. The topological polar surface area (TPSA) is 55.6 Å². The van der Waals surface area contributed by atoms with Crippen molar-refractivity contribution in [2.45, 2.75) is 32.2 Å². The minimum absolute atomic E-state index is 0.159. The number of nitrogen functional groups attached to an aromatic ring is 1. The molecule has 1 amide bonds. The Labute approximate surface area is 136 Å². The molecule has 23 heavy (non-hydrogen) atoms. The Morgan fingerprint density at radius 3 is 2.78 bits per heavy atom. The van der Waals surface area contributed by atoms with E-state index in [0.717, 1.165) is 12.1 Å². The van der Waals surface area contributed by atoms with Crippen LogP contribution in [0.2, 0.25) is 0 Å². The predicted octanol–water partition coefficient (Wildman–Crippen LogP) is 3.41. The van der Waals surface area contributed by atoms with Crippen molar-refractivity contribution in [3.05, 3.63) is 54.1 Å². The number of carbonyl (C=O) groups is 1. The normalized spacial score (nSPS) is 16.2. The maximum Gasteiger partial charge on any atom is 0.227 e. The highest BCUT2D eigenvalue weighted by Gasteiger charge is 2.29. The van der Waals surface area contributed by atoms with Gasteiger partial charge in [0.15, 0.2) is 0 Å². The fourth-order valence-corrected chi connectivity index (χ4v) is 3.08. The lowest BCUT2D eigenvalue weighted by atomic mass is 10.1. The van der Waals surface area contributed by atoms with Crippen LogP contribution in [0.3, 0.4) is 0 Å². The van der Waals surface area contributed by atoms with Gasteiger partial charge in [-0.3, -0.25) is 4.79 Å². The summed E-state index contributed by atoms with van der Waals surface area (Å²) in [6.45, 7) is 2.59. The Morgan fingerprint density at radius 1 is 1.22 bits per heavy atom. The molecule has 120 valence electrons. The molecule has 0 radical (unpaired) electrons. The van der Waals surface area contributed by atoms with Gasteiger partial charge in [-0.2, -0.15) is 0 Å². The van der Waals surface area contributed by atoms with Crippen LogP contribution >= 0.6 is 0 Å². The first-order valence-electron chi connectivity index (χ1n) is 8.04. The molecular formula is C19H22N2O2. The quantitative estimate of drug-likeness (QED) is 0.680. The van der Waals surface area contributed by atoms with E-state index in [1.807, 2.05) is 47.4 Å². The summed E-state index contributed by atoms with van der Waals surface area (Å²) in [6.07, 6.45) is 2.09. The summed E-state index contributed by atoms with van der Waals surface area (Å²) in [5.41, 5.74) is 8.76. The minimum Gasteiger partial charge on any atom is -0.491 e. The fourth-order valence-electron chi connectivity index (χ4n) is 3.08. The van der Waals surface area contributed by atoms with Crippen LogP contribution in [-0.4, -0.2) is 18.6 Å². The number of rotatable bonds is 5. The number of amides is 1. The Hall–Kier alpha value is -2.49. The van der Waals surface area contributed by atoms with E-state index in [2.05, 4.69) is 13.0 Å². The van der Waals surface area contributed by atoms with Gasteiger partial charge in [0, 0.05) is 18.2 Å². The Bertz CT molecular complexity index is 699. The van der Waals surface area contributed by atoms with Gasteiger partial charge in [-0.15, -0.1) is 0 Å². The van der Waals surface area contributed by atoms with E-state index in [0.29, 0.717) is 30.9 Å². The van der Waals surface area contributed by atoms with Crippen molar-refractivity contribution in [2.24, 2.45) is 0 Å². The van der Waals surface area contributed by atoms with Crippen LogP contribution in [-0.2, 0) is 11.2 Å². The number of benzene rings is 2. The van der Waals surface area contributed by atoms with Gasteiger partial charge in [0.1, 0.15) is 5.75 Å². The molecule has 0 saturated carbocycles. The fraction of sp³-hybridized carbons (Fsp3) is 0.316. The lowest BCUT2D eigenvalue weighted by Crippen LogP contribution is -2.35. The van der Waals surface area contributed by atoms with Gasteiger partial charge in [-0.05, 0) is 43.5 Å². The van der Waals surface area contributed by atoms with Crippen LogP contribution in [0.4, 0.5) is 11.4 Å². The zero-order valence-electron chi connectivity index (χ0n) is 13.4. The minimum atomic E-state index is 0.159. The molecule has 0 fully saturated rings. The average Bonchev–Trinajstić information content (AvgIpc) is 2.88. The maximum atomic E-state index is 12.5. The Morgan fingerprint density at radius 2 is 1.96 bits per heavy atom. The van der Waals surface area contributed by atoms with Gasteiger partial charge in [0.25, 0.3) is 0 Å². The molecule has 0 aromatic heterocycles. The van der Waals surface area contributed by atoms with Gasteiger partial charge in [0.05, 0.1) is 12.3 Å². The highest BCUT2D eigenvalue weighted by atomic mass is 16.5. The summed E-state index contributed by atoms with van der Waals surface area (Å²) in [6, 6.07) is 15.8. The van der Waals surface area contributed by atoms with E-state index >= 15 is 0 Å². The molecule has 0 bridgehead atoms. The summed E-state index contributed by atoms with van der Waals surface area (Å²) in [7, 11) is 0. The molecule has 2 aromatic rings. The van der Waals surface area contributed by atoms with Crippen molar-refractivity contribution in [3.8, 4) is 5.75 Å². The lowest BCUT2D eigenvalue weighted by molar-refractivity contribution is -0.119. The summed E-state index contributed by atoms with van der Waals surface area (Å²) in [5.74, 6) is 0.840. The smallest absolute Gasteiger partial charge is 0.227 e. The van der Waals surface area contributed by atoms with Crippen molar-refractivity contribution in [1.82, 2.24) is 0 Å².